The van der Waals surface area contributed by atoms with Crippen LogP contribution in [0.25, 0.3) is 32.6 Å². The molecule has 0 amide bonds. The molecular weight excluding hydrogens is 1560 g/mol. The Morgan fingerprint density at radius 2 is 0.876 bits per heavy atom. The molecule has 3 aromatic heterocycles. The van der Waals surface area contributed by atoms with Crippen molar-refractivity contribution in [2.45, 2.75) is 76.7 Å². The van der Waals surface area contributed by atoms with Gasteiger partial charge in [-0.25, -0.2) is 0 Å². The average Bonchev–Trinajstić information content (AvgIpc) is 1.10. The summed E-state index contributed by atoms with van der Waals surface area (Å²) in [5, 5.41) is 67.8. The van der Waals surface area contributed by atoms with Gasteiger partial charge in [0.25, 0.3) is 0 Å². The molecule has 0 aliphatic carbocycles. The zero-order valence-corrected chi connectivity index (χ0v) is 77.3. The maximum absolute atomic E-state index is 8.63. The second-order valence-electron chi connectivity index (χ2n) is 17.6. The van der Waals surface area contributed by atoms with Crippen LogP contribution >= 0.6 is 0 Å². The molecule has 6 saturated heterocycles. The first kappa shape index (κ1) is 111. The molecule has 0 spiro atoms. The van der Waals surface area contributed by atoms with Crippen molar-refractivity contribution < 1.29 is 452 Å². The number of nitrogens with zero attached hydrogens (tertiary/aromatic N) is 12. The Bertz CT molecular complexity index is 2960. The topological polar surface area (TPSA) is 444 Å². The molecule has 439 valence electrons. The van der Waals surface area contributed by atoms with Crippen LogP contribution in [-0.2, 0) is 39.8 Å². The van der Waals surface area contributed by atoms with E-state index in [0.717, 1.165) is 94.2 Å². The summed E-state index contributed by atoms with van der Waals surface area (Å²) in [7, 11) is 3.42. The molecule has 25 nitrogen and oxygen atoms in total. The average molecular weight is 1610 g/mol. The molecule has 9 heterocycles. The fraction of sp³-hybridized carbons (Fsp3) is 0.400. The van der Waals surface area contributed by atoms with Gasteiger partial charge in [0.1, 0.15) is 23.7 Å². The monoisotopic (exact) mass is 1620 g/mol. The summed E-state index contributed by atoms with van der Waals surface area (Å²) < 4.78 is 60.5. The maximum atomic E-state index is 8.63. The third kappa shape index (κ3) is 33.5. The van der Waals surface area contributed by atoms with Crippen molar-refractivity contribution in [3.05, 3.63) is 136 Å². The summed E-state index contributed by atoms with van der Waals surface area (Å²) in [6.45, 7) is 37.5. The van der Waals surface area contributed by atoms with Crippen LogP contribution in [0.15, 0.2) is 85.2 Å². The van der Waals surface area contributed by atoms with E-state index in [9.17, 15) is 0 Å². The molecular formula is C55H58FeK7N12O13Os. The summed E-state index contributed by atoms with van der Waals surface area (Å²) >= 11 is -6.06. The first-order valence-corrected chi connectivity index (χ1v) is 28.1. The molecule has 4 N–H and O–H groups in total. The number of aromatic nitrogens is 4. The summed E-state index contributed by atoms with van der Waals surface area (Å²) in [6.07, 6.45) is 7.91. The number of carboxylic acid groups (broad SMARTS) is 2. The van der Waals surface area contributed by atoms with Crippen LogP contribution in [0.1, 0.15) is 75.7 Å². The number of carbonyl (C=O) groups excluding carboxylic acids is 1. The van der Waals surface area contributed by atoms with Crippen molar-refractivity contribution in [1.29, 1.82) is 31.6 Å². The Morgan fingerprint density at radius 1 is 0.573 bits per heavy atom. The summed E-state index contributed by atoms with van der Waals surface area (Å²) in [4.78, 5) is 23.1. The predicted molar refractivity (Wildman–Crippen MR) is 270 cm³/mol. The quantitative estimate of drug-likeness (QED) is 0.0811. The van der Waals surface area contributed by atoms with Crippen molar-refractivity contribution in [2.75, 3.05) is 40.4 Å². The second kappa shape index (κ2) is 61.1. The van der Waals surface area contributed by atoms with E-state index in [1.165, 1.54) is 25.7 Å². The van der Waals surface area contributed by atoms with Gasteiger partial charge < -0.3 is 116 Å². The molecule has 34 heteroatoms. The van der Waals surface area contributed by atoms with Crippen LogP contribution in [0, 0.1) is 94.7 Å². The summed E-state index contributed by atoms with van der Waals surface area (Å²) in [6, 6.07) is 25.1. The van der Waals surface area contributed by atoms with E-state index in [4.69, 9.17) is 140 Å². The van der Waals surface area contributed by atoms with Gasteiger partial charge >= 0.3 is 407 Å². The van der Waals surface area contributed by atoms with Gasteiger partial charge in [0.15, 0.2) is 0 Å². The Balaban J connectivity index is -0.000000264. The van der Waals surface area contributed by atoms with Crippen LogP contribution in [0.3, 0.4) is 0 Å². The third-order valence-electron chi connectivity index (χ3n) is 14.3. The Hall–Kier alpha value is 3.20. The molecule has 89 heavy (non-hydrogen) atoms. The number of hydrogen-bond acceptors (Lipinski definition) is 23. The van der Waals surface area contributed by atoms with Crippen LogP contribution in [0.5, 0.6) is 23.3 Å². The van der Waals surface area contributed by atoms with E-state index < -0.39 is 21.8 Å². The Labute approximate surface area is 832 Å². The normalized spacial score (nSPS) is 19.1. The Kier molecular flexibility index (Phi) is 76.1. The van der Waals surface area contributed by atoms with E-state index in [-0.39, 0.29) is 412 Å². The Morgan fingerprint density at radius 3 is 1.13 bits per heavy atom. The standard InChI is InChI=1S/C48H54N6O4.6CN.CH2O3.Fe.7K.2H2O.4O.Os/c1-5-29-27-53-21-17-31(29)23-43(53)45(35-15-19-49-41-13-11-33(55-3)25-39(35)41)57-47-37-9-7-8-10-38(37)48(52-51-47)58-46(44-24-32-18-22-54(44)28-30(32)6-2)36-16-20-50-42-14-12-34(56-4)26-40(36)42;6*1-2;2-1(3)4;;;;;;;;;;;;;;;/h7-16,19-20,25-26,29-32,43-46H,5-6,17-18,21-24,27-28H2,1-4H3;;;;;;;(H2,2,3,4);;;;;;;;;2*1H2;;;;;/q;6*-1;;+3;7*+1;;;;;2*-1;/p-2/t29-,30-,31-,32-,43-,44-,45+,46+;;;;;;;;;;;;;;;;;;;;;;/m0....................../s1. The van der Waals surface area contributed by atoms with E-state index in [2.05, 4.69) is 72.2 Å². The third-order valence-corrected chi connectivity index (χ3v) is 14.3. The van der Waals surface area contributed by atoms with Gasteiger partial charge in [-0.2, -0.15) is 0 Å². The van der Waals surface area contributed by atoms with Gasteiger partial charge in [0.05, 0.1) is 48.1 Å². The van der Waals surface area contributed by atoms with Crippen LogP contribution < -0.4 is 397 Å². The number of carbonyl (C=O) groups is 1. The zero-order valence-electron chi connectivity index (χ0n) is 51.8. The number of hydrogen-bond donors (Lipinski definition) is 0. The van der Waals surface area contributed by atoms with E-state index in [0.29, 0.717) is 35.4 Å². The van der Waals surface area contributed by atoms with Gasteiger partial charge in [-0.3, -0.25) is 19.8 Å². The number of piperidine rings is 6. The molecule has 4 bridgehead atoms. The van der Waals surface area contributed by atoms with Crippen molar-refractivity contribution >= 4 is 38.7 Å². The molecule has 12 rings (SSSR count). The van der Waals surface area contributed by atoms with E-state index in [1.54, 1.807) is 14.2 Å². The molecule has 6 fully saturated rings. The van der Waals surface area contributed by atoms with Crippen molar-refractivity contribution in [3.63, 3.8) is 0 Å². The fourth-order valence-corrected chi connectivity index (χ4v) is 11.1. The number of rotatable bonds is 12. The first-order valence-electron chi connectivity index (χ1n) is 24.0. The summed E-state index contributed by atoms with van der Waals surface area (Å²) in [5.74, 6) is 5.39. The molecule has 6 aliphatic heterocycles. The number of methoxy groups -OCH3 is 2. The van der Waals surface area contributed by atoms with Crippen LogP contribution in [0.2, 0.25) is 0 Å². The van der Waals surface area contributed by atoms with Gasteiger partial charge in [0, 0.05) is 47.4 Å². The van der Waals surface area contributed by atoms with Gasteiger partial charge in [-0.15, -0.1) is 10.2 Å². The van der Waals surface area contributed by atoms with Crippen molar-refractivity contribution in [3.8, 4) is 23.3 Å². The van der Waals surface area contributed by atoms with Crippen molar-refractivity contribution in [1.82, 2.24) is 30.0 Å². The van der Waals surface area contributed by atoms with Crippen LogP contribution in [-0.4, -0.2) is 99.6 Å². The molecule has 6 aromatic rings. The second-order valence-corrected chi connectivity index (χ2v) is 20.2. The molecule has 1 radical (unpaired) electrons. The van der Waals surface area contributed by atoms with Crippen molar-refractivity contribution in [2.24, 2.45) is 23.7 Å². The molecule has 0 saturated carbocycles. The minimum atomic E-state index is -6.06. The van der Waals surface area contributed by atoms with Gasteiger partial charge in [-0.1, -0.05) is 38.8 Å². The number of fused-ring (bicyclic) bond motifs is 9. The van der Waals surface area contributed by atoms with Gasteiger partial charge in [0.2, 0.25) is 11.8 Å². The molecule has 6 aliphatic rings. The number of benzene rings is 3. The molecule has 3 aromatic carbocycles. The fourth-order valence-electron chi connectivity index (χ4n) is 11.1. The molecule has 2 unspecified atom stereocenters. The number of ether oxygens (including phenoxy) is 4. The number of pyridine rings is 2. The molecule has 10 atom stereocenters. The minimum absolute atomic E-state index is 0. The van der Waals surface area contributed by atoms with E-state index in [1.807, 2.05) is 36.7 Å². The zero-order chi connectivity index (χ0) is 59.4. The van der Waals surface area contributed by atoms with Gasteiger partial charge in [-0.05, 0) is 129 Å². The SMILES string of the molecule is CC[C@H]1CN2CC[C@H]1C[C@H]2[C@H](Oc1nnc(O[C@H](c2ccnc3ccc(OC)cc23)[C@@H]2C[C@@H]3CCN2C[C@@H]3CC)c2ccccc12)c1ccnc2ccc(OC)cc12.O.O.O=C([O-])[O-].[C-]#N.[C-]#N.[C-]#N.[C-]#N.[C-]#N.[C-]#N.[Fe+3].[K+].[K+].[K+].[K+].[K+].[K+].[K+].[O]=[Os](=[O])([O-])[O-]. The van der Waals surface area contributed by atoms with E-state index >= 15 is 0 Å². The predicted octanol–water partition coefficient (Wildman–Crippen LogP) is -17.9. The first-order chi connectivity index (χ1) is 38.3. The van der Waals surface area contributed by atoms with Crippen LogP contribution in [0.4, 0.5) is 4.79 Å². The summed E-state index contributed by atoms with van der Waals surface area (Å²) in [5.41, 5.74) is 4.01.